The molecule has 0 aliphatic rings. The van der Waals surface area contributed by atoms with Crippen LogP contribution < -0.4 is 5.46 Å². The molecule has 1 aromatic heterocycles. The van der Waals surface area contributed by atoms with Crippen molar-refractivity contribution in [3.8, 4) is 5.69 Å². The first-order chi connectivity index (χ1) is 11.8. The number of hydrogen-bond donors (Lipinski definition) is 0. The Balaban J connectivity index is 2.03. The maximum absolute atomic E-state index is 6.06. The summed E-state index contributed by atoms with van der Waals surface area (Å²) in [6, 6.07) is 21.7. The molecule has 0 bridgehead atoms. The van der Waals surface area contributed by atoms with Crippen LogP contribution in [-0.4, -0.2) is 12.4 Å². The van der Waals surface area contributed by atoms with Gasteiger partial charge >= 0.3 is 0 Å². The van der Waals surface area contributed by atoms with Crippen molar-refractivity contribution >= 4 is 35.1 Å². The monoisotopic (exact) mass is 323 g/mol. The summed E-state index contributed by atoms with van der Waals surface area (Å²) in [7, 11) is 6.06. The van der Waals surface area contributed by atoms with Crippen molar-refractivity contribution in [1.82, 2.24) is 4.57 Å². The van der Waals surface area contributed by atoms with Crippen molar-refractivity contribution in [2.24, 2.45) is 0 Å². The Hall–Kier alpha value is -2.48. The molecule has 0 N–H and O–H groups in total. The largest absolute Gasteiger partial charge is 0.309 e. The van der Waals surface area contributed by atoms with Crippen LogP contribution in [0.25, 0.3) is 27.5 Å². The van der Waals surface area contributed by atoms with Crippen molar-refractivity contribution in [1.29, 1.82) is 0 Å². The Bertz CT molecular complexity index is 1020. The third kappa shape index (κ3) is 2.66. The molecule has 0 unspecified atom stereocenters. The first-order valence-corrected chi connectivity index (χ1v) is 8.76. The third-order valence-corrected chi connectivity index (χ3v) is 4.94. The average molecular weight is 323 g/mol. The van der Waals surface area contributed by atoms with Crippen molar-refractivity contribution in [2.75, 3.05) is 0 Å². The maximum Gasteiger partial charge on any atom is 0.113 e. The van der Waals surface area contributed by atoms with E-state index < -0.39 is 0 Å². The molecule has 25 heavy (non-hydrogen) atoms. The molecule has 4 rings (SSSR count). The lowest BCUT2D eigenvalue weighted by atomic mass is 9.87. The standard InChI is InChI=1S/C23H22BN/c1-15-5-11-21-19(13-15)20-14-17(24)8-12-22(20)25(21)18-9-6-16(7-10-18)23(2,3)4/h5-14H,1-4H3. The normalized spacial score (nSPS) is 12.2. The van der Waals surface area contributed by atoms with Gasteiger partial charge in [0.25, 0.3) is 0 Å². The van der Waals surface area contributed by atoms with Crippen molar-refractivity contribution in [2.45, 2.75) is 33.1 Å². The summed E-state index contributed by atoms with van der Waals surface area (Å²) in [4.78, 5) is 0. The molecule has 2 radical (unpaired) electrons. The fourth-order valence-electron chi connectivity index (χ4n) is 3.54. The molecule has 3 aromatic carbocycles. The van der Waals surface area contributed by atoms with Gasteiger partial charge in [-0.3, -0.25) is 0 Å². The fraction of sp³-hybridized carbons (Fsp3) is 0.217. The van der Waals surface area contributed by atoms with Gasteiger partial charge in [-0.15, -0.1) is 0 Å². The minimum absolute atomic E-state index is 0.158. The van der Waals surface area contributed by atoms with Crippen LogP contribution in [0, 0.1) is 6.92 Å². The summed E-state index contributed by atoms with van der Waals surface area (Å²) in [5.41, 5.74) is 7.16. The molecule has 1 heterocycles. The van der Waals surface area contributed by atoms with Gasteiger partial charge in [0, 0.05) is 16.5 Å². The molecule has 1 nitrogen and oxygen atoms in total. The van der Waals surface area contributed by atoms with Gasteiger partial charge in [-0.25, -0.2) is 0 Å². The van der Waals surface area contributed by atoms with Gasteiger partial charge in [-0.05, 0) is 48.2 Å². The highest BCUT2D eigenvalue weighted by atomic mass is 15.0. The van der Waals surface area contributed by atoms with E-state index in [1.165, 1.54) is 38.6 Å². The first kappa shape index (κ1) is 16.0. The fourth-order valence-corrected chi connectivity index (χ4v) is 3.54. The predicted octanol–water partition coefficient (Wildman–Crippen LogP) is 5.18. The quantitative estimate of drug-likeness (QED) is 0.425. The van der Waals surface area contributed by atoms with Gasteiger partial charge in [0.1, 0.15) is 7.85 Å². The van der Waals surface area contributed by atoms with Crippen LogP contribution in [0.4, 0.5) is 0 Å². The molecule has 0 atom stereocenters. The molecule has 0 amide bonds. The number of fused-ring (bicyclic) bond motifs is 3. The van der Waals surface area contributed by atoms with Crippen LogP contribution in [0.2, 0.25) is 0 Å². The molecule has 0 saturated heterocycles. The number of hydrogen-bond acceptors (Lipinski definition) is 0. The second-order valence-corrected chi connectivity index (χ2v) is 7.93. The van der Waals surface area contributed by atoms with E-state index in [0.29, 0.717) is 0 Å². The van der Waals surface area contributed by atoms with E-state index in [-0.39, 0.29) is 5.41 Å². The Morgan fingerprint density at radius 1 is 0.760 bits per heavy atom. The molecule has 0 aliphatic carbocycles. The van der Waals surface area contributed by atoms with Crippen molar-refractivity contribution in [3.63, 3.8) is 0 Å². The smallest absolute Gasteiger partial charge is 0.113 e. The van der Waals surface area contributed by atoms with E-state index in [0.717, 1.165) is 5.46 Å². The molecule has 122 valence electrons. The molecular weight excluding hydrogens is 301 g/mol. The zero-order valence-corrected chi connectivity index (χ0v) is 15.3. The summed E-state index contributed by atoms with van der Waals surface area (Å²) in [6.07, 6.45) is 0. The van der Waals surface area contributed by atoms with E-state index in [2.05, 4.69) is 86.9 Å². The topological polar surface area (TPSA) is 4.93 Å². The summed E-state index contributed by atoms with van der Waals surface area (Å²) >= 11 is 0. The lowest BCUT2D eigenvalue weighted by Gasteiger charge is -2.19. The minimum Gasteiger partial charge on any atom is -0.309 e. The van der Waals surface area contributed by atoms with Gasteiger partial charge in [-0.1, -0.05) is 62.1 Å². The van der Waals surface area contributed by atoms with E-state index >= 15 is 0 Å². The second-order valence-electron chi connectivity index (χ2n) is 7.93. The van der Waals surface area contributed by atoms with Gasteiger partial charge in [-0.2, -0.15) is 0 Å². The first-order valence-electron chi connectivity index (χ1n) is 8.76. The van der Waals surface area contributed by atoms with E-state index in [1.807, 2.05) is 6.07 Å². The third-order valence-electron chi connectivity index (χ3n) is 4.94. The summed E-state index contributed by atoms with van der Waals surface area (Å²) in [5.74, 6) is 0. The highest BCUT2D eigenvalue weighted by Crippen LogP contribution is 2.33. The zero-order valence-electron chi connectivity index (χ0n) is 15.3. The summed E-state index contributed by atoms with van der Waals surface area (Å²) in [6.45, 7) is 8.86. The molecule has 0 fully saturated rings. The number of nitrogens with zero attached hydrogens (tertiary/aromatic N) is 1. The van der Waals surface area contributed by atoms with Crippen LogP contribution in [-0.2, 0) is 5.41 Å². The Labute approximate surface area is 150 Å². The lowest BCUT2D eigenvalue weighted by Crippen LogP contribution is -2.10. The zero-order chi connectivity index (χ0) is 17.8. The van der Waals surface area contributed by atoms with Gasteiger partial charge < -0.3 is 4.57 Å². The Kier molecular flexibility index (Phi) is 3.54. The highest BCUT2D eigenvalue weighted by Gasteiger charge is 2.15. The SMILES string of the molecule is [B]c1ccc2c(c1)c1cc(C)ccc1n2-c1ccc(C(C)(C)C)cc1. The van der Waals surface area contributed by atoms with Gasteiger partial charge in [0.05, 0.1) is 11.0 Å². The lowest BCUT2D eigenvalue weighted by molar-refractivity contribution is 0.590. The van der Waals surface area contributed by atoms with Crippen LogP contribution in [0.15, 0.2) is 60.7 Å². The van der Waals surface area contributed by atoms with Crippen molar-refractivity contribution < 1.29 is 0 Å². The molecular formula is C23H22BN. The molecule has 4 aromatic rings. The van der Waals surface area contributed by atoms with E-state index in [1.54, 1.807) is 0 Å². The number of benzene rings is 3. The number of aromatic nitrogens is 1. The average Bonchev–Trinajstić information content (AvgIpc) is 2.87. The van der Waals surface area contributed by atoms with E-state index in [4.69, 9.17) is 7.85 Å². The van der Waals surface area contributed by atoms with Crippen LogP contribution in [0.1, 0.15) is 31.9 Å². The Morgan fingerprint density at radius 2 is 1.36 bits per heavy atom. The molecule has 0 saturated carbocycles. The van der Waals surface area contributed by atoms with E-state index in [9.17, 15) is 0 Å². The molecule has 0 aliphatic heterocycles. The summed E-state index contributed by atoms with van der Waals surface area (Å²) < 4.78 is 2.33. The van der Waals surface area contributed by atoms with Crippen LogP contribution in [0.3, 0.4) is 0 Å². The number of aryl methyl sites for hydroxylation is 1. The summed E-state index contributed by atoms with van der Waals surface area (Å²) in [5, 5.41) is 2.46. The van der Waals surface area contributed by atoms with Crippen molar-refractivity contribution in [3.05, 3.63) is 71.8 Å². The maximum atomic E-state index is 6.06. The minimum atomic E-state index is 0.158. The number of rotatable bonds is 1. The highest BCUT2D eigenvalue weighted by molar-refractivity contribution is 6.33. The molecule has 2 heteroatoms. The Morgan fingerprint density at radius 3 is 2.00 bits per heavy atom. The van der Waals surface area contributed by atoms with Crippen LogP contribution >= 0.6 is 0 Å². The second kappa shape index (κ2) is 5.52. The van der Waals surface area contributed by atoms with Crippen LogP contribution in [0.5, 0.6) is 0 Å². The molecule has 0 spiro atoms. The van der Waals surface area contributed by atoms with Gasteiger partial charge in [0.15, 0.2) is 0 Å². The van der Waals surface area contributed by atoms with Gasteiger partial charge in [0.2, 0.25) is 0 Å². The predicted molar refractivity (Wildman–Crippen MR) is 110 cm³/mol.